The van der Waals surface area contributed by atoms with Crippen LogP contribution in [0.1, 0.15) is 36.9 Å². The third-order valence-corrected chi connectivity index (χ3v) is 5.45. The normalized spacial score (nSPS) is 16.7. The molecular formula is C22H27ClN2O2. The number of hydrogen-bond donors (Lipinski definition) is 1. The maximum Gasteiger partial charge on any atom is 0.223 e. The number of rotatable bonds is 6. The highest BCUT2D eigenvalue weighted by molar-refractivity contribution is 6.30. The molecule has 1 fully saturated rings. The van der Waals surface area contributed by atoms with Gasteiger partial charge in [-0.05, 0) is 56.6 Å². The Bertz CT molecular complexity index is 772. The van der Waals surface area contributed by atoms with Crippen LogP contribution in [0.15, 0.2) is 48.5 Å². The summed E-state index contributed by atoms with van der Waals surface area (Å²) in [4.78, 5) is 15.1. The maximum absolute atomic E-state index is 12.7. The van der Waals surface area contributed by atoms with Crippen LogP contribution in [0, 0.1) is 5.92 Å². The number of piperidine rings is 1. The van der Waals surface area contributed by atoms with Gasteiger partial charge in [0.2, 0.25) is 5.91 Å². The zero-order chi connectivity index (χ0) is 19.2. The minimum absolute atomic E-state index is 0.0674. The molecule has 1 amide bonds. The first-order valence-electron chi connectivity index (χ1n) is 9.47. The minimum atomic E-state index is -0.0712. The van der Waals surface area contributed by atoms with Gasteiger partial charge in [-0.1, -0.05) is 41.9 Å². The lowest BCUT2D eigenvalue weighted by Gasteiger charge is -2.32. The van der Waals surface area contributed by atoms with E-state index in [4.69, 9.17) is 16.3 Å². The number of hydrogen-bond acceptors (Lipinski definition) is 3. The molecule has 0 spiro atoms. The van der Waals surface area contributed by atoms with Gasteiger partial charge >= 0.3 is 0 Å². The minimum Gasteiger partial charge on any atom is -0.496 e. The summed E-state index contributed by atoms with van der Waals surface area (Å²) in [5.41, 5.74) is 2.22. The summed E-state index contributed by atoms with van der Waals surface area (Å²) >= 11 is 6.07. The fraction of sp³-hybridized carbons (Fsp3) is 0.409. The van der Waals surface area contributed by atoms with Gasteiger partial charge in [-0.2, -0.15) is 0 Å². The van der Waals surface area contributed by atoms with E-state index in [2.05, 4.69) is 16.3 Å². The first-order chi connectivity index (χ1) is 13.1. The molecule has 1 unspecified atom stereocenters. The fourth-order valence-electron chi connectivity index (χ4n) is 3.68. The second kappa shape index (κ2) is 9.25. The van der Waals surface area contributed by atoms with E-state index >= 15 is 0 Å². The number of carbonyl (C=O) groups is 1. The number of carbonyl (C=O) groups excluding carboxylic acids is 1. The quantitative estimate of drug-likeness (QED) is 0.798. The first kappa shape index (κ1) is 19.7. The van der Waals surface area contributed by atoms with Gasteiger partial charge in [-0.3, -0.25) is 9.69 Å². The lowest BCUT2D eigenvalue weighted by atomic mass is 9.94. The molecular weight excluding hydrogens is 360 g/mol. The number of nitrogens with one attached hydrogen (secondary N) is 1. The number of para-hydroxylation sites is 1. The van der Waals surface area contributed by atoms with Crippen molar-refractivity contribution in [2.75, 3.05) is 20.2 Å². The zero-order valence-electron chi connectivity index (χ0n) is 16.0. The van der Waals surface area contributed by atoms with Crippen LogP contribution in [-0.4, -0.2) is 31.0 Å². The van der Waals surface area contributed by atoms with E-state index in [9.17, 15) is 4.79 Å². The molecule has 0 radical (unpaired) electrons. The summed E-state index contributed by atoms with van der Waals surface area (Å²) in [5, 5.41) is 3.93. The molecule has 1 saturated heterocycles. The summed E-state index contributed by atoms with van der Waals surface area (Å²) in [6.45, 7) is 4.73. The number of nitrogens with zero attached hydrogens (tertiary/aromatic N) is 1. The van der Waals surface area contributed by atoms with Crippen LogP contribution < -0.4 is 10.1 Å². The summed E-state index contributed by atoms with van der Waals surface area (Å²) in [7, 11) is 1.66. The molecule has 1 atom stereocenters. The topological polar surface area (TPSA) is 41.6 Å². The van der Waals surface area contributed by atoms with E-state index in [1.165, 1.54) is 5.56 Å². The van der Waals surface area contributed by atoms with E-state index < -0.39 is 0 Å². The lowest BCUT2D eigenvalue weighted by Crippen LogP contribution is -2.40. The van der Waals surface area contributed by atoms with Crippen LogP contribution in [0.25, 0.3) is 0 Å². The van der Waals surface area contributed by atoms with Gasteiger partial charge in [0.25, 0.3) is 0 Å². The Balaban J connectivity index is 1.51. The van der Waals surface area contributed by atoms with Gasteiger partial charge in [0, 0.05) is 23.0 Å². The summed E-state index contributed by atoms with van der Waals surface area (Å²) < 4.78 is 5.41. The average molecular weight is 387 g/mol. The Morgan fingerprint density at radius 2 is 1.96 bits per heavy atom. The number of likely N-dealkylation sites (tertiary alicyclic amines) is 1. The van der Waals surface area contributed by atoms with Gasteiger partial charge in [0.15, 0.2) is 0 Å². The molecule has 5 heteroatoms. The Labute approximate surface area is 166 Å². The second-order valence-electron chi connectivity index (χ2n) is 7.15. The Morgan fingerprint density at radius 3 is 2.67 bits per heavy atom. The number of amides is 1. The molecule has 1 aliphatic heterocycles. The van der Waals surface area contributed by atoms with Crippen molar-refractivity contribution in [3.8, 4) is 5.75 Å². The van der Waals surface area contributed by atoms with Crippen LogP contribution in [-0.2, 0) is 11.3 Å². The second-order valence-corrected chi connectivity index (χ2v) is 7.59. The van der Waals surface area contributed by atoms with Gasteiger partial charge in [-0.25, -0.2) is 0 Å². The van der Waals surface area contributed by atoms with Crippen molar-refractivity contribution in [3.63, 3.8) is 0 Å². The molecule has 0 bridgehead atoms. The van der Waals surface area contributed by atoms with Gasteiger partial charge < -0.3 is 10.1 Å². The molecule has 0 aliphatic carbocycles. The number of methoxy groups -OCH3 is 1. The predicted molar refractivity (Wildman–Crippen MR) is 109 cm³/mol. The molecule has 0 aromatic heterocycles. The van der Waals surface area contributed by atoms with Gasteiger partial charge in [0.05, 0.1) is 13.2 Å². The van der Waals surface area contributed by atoms with E-state index in [0.717, 1.165) is 48.8 Å². The first-order valence-corrected chi connectivity index (χ1v) is 9.84. The fourth-order valence-corrected chi connectivity index (χ4v) is 3.89. The van der Waals surface area contributed by atoms with Crippen molar-refractivity contribution in [2.24, 2.45) is 5.92 Å². The number of halogens is 1. The average Bonchev–Trinajstić information content (AvgIpc) is 2.68. The maximum atomic E-state index is 12.7. The van der Waals surface area contributed by atoms with Crippen molar-refractivity contribution in [1.29, 1.82) is 0 Å². The van der Waals surface area contributed by atoms with Crippen molar-refractivity contribution in [2.45, 2.75) is 32.4 Å². The van der Waals surface area contributed by atoms with E-state index in [1.54, 1.807) is 7.11 Å². The molecule has 0 saturated carbocycles. The molecule has 2 aromatic carbocycles. The largest absolute Gasteiger partial charge is 0.496 e. The van der Waals surface area contributed by atoms with Crippen LogP contribution in [0.5, 0.6) is 5.75 Å². The highest BCUT2D eigenvalue weighted by atomic mass is 35.5. The van der Waals surface area contributed by atoms with Crippen LogP contribution >= 0.6 is 11.6 Å². The number of ether oxygens (including phenoxy) is 1. The lowest BCUT2D eigenvalue weighted by molar-refractivity contribution is -0.127. The SMILES string of the molecule is COc1ccccc1C(C)NC(=O)C1CCN(Cc2cccc(Cl)c2)CC1. The van der Waals surface area contributed by atoms with Crippen LogP contribution in [0.3, 0.4) is 0 Å². The Kier molecular flexibility index (Phi) is 6.75. The third kappa shape index (κ3) is 5.24. The van der Waals surface area contributed by atoms with Crippen molar-refractivity contribution in [1.82, 2.24) is 10.2 Å². The van der Waals surface area contributed by atoms with Crippen molar-refractivity contribution in [3.05, 3.63) is 64.7 Å². The molecule has 144 valence electrons. The smallest absolute Gasteiger partial charge is 0.223 e. The monoisotopic (exact) mass is 386 g/mol. The van der Waals surface area contributed by atoms with E-state index in [-0.39, 0.29) is 17.9 Å². The highest BCUT2D eigenvalue weighted by Crippen LogP contribution is 2.26. The summed E-state index contributed by atoms with van der Waals surface area (Å²) in [5.74, 6) is 1.01. The molecule has 1 N–H and O–H groups in total. The van der Waals surface area contributed by atoms with Crippen molar-refractivity contribution < 1.29 is 9.53 Å². The Morgan fingerprint density at radius 1 is 1.22 bits per heavy atom. The summed E-state index contributed by atoms with van der Waals surface area (Å²) in [6.07, 6.45) is 1.76. The van der Waals surface area contributed by atoms with E-state index in [0.29, 0.717) is 0 Å². The number of benzene rings is 2. The van der Waals surface area contributed by atoms with Crippen LogP contribution in [0.2, 0.25) is 5.02 Å². The Hall–Kier alpha value is -2.04. The third-order valence-electron chi connectivity index (χ3n) is 5.22. The van der Waals surface area contributed by atoms with Crippen LogP contribution in [0.4, 0.5) is 0 Å². The van der Waals surface area contributed by atoms with Gasteiger partial charge in [0.1, 0.15) is 5.75 Å². The molecule has 1 aliphatic rings. The zero-order valence-corrected chi connectivity index (χ0v) is 16.7. The molecule has 3 rings (SSSR count). The molecule has 2 aromatic rings. The van der Waals surface area contributed by atoms with E-state index in [1.807, 2.05) is 49.4 Å². The highest BCUT2D eigenvalue weighted by Gasteiger charge is 2.26. The summed E-state index contributed by atoms with van der Waals surface area (Å²) in [6, 6.07) is 15.7. The predicted octanol–water partition coefficient (Wildman–Crippen LogP) is 4.44. The van der Waals surface area contributed by atoms with Gasteiger partial charge in [-0.15, -0.1) is 0 Å². The standard InChI is InChI=1S/C22H27ClN2O2/c1-16(20-8-3-4-9-21(20)27-2)24-22(26)18-10-12-25(13-11-18)15-17-6-5-7-19(23)14-17/h3-9,14,16,18H,10-13,15H2,1-2H3,(H,24,26). The molecule has 27 heavy (non-hydrogen) atoms. The molecule has 1 heterocycles. The van der Waals surface area contributed by atoms with Crippen molar-refractivity contribution >= 4 is 17.5 Å². The molecule has 4 nitrogen and oxygen atoms in total.